The number of benzene rings is 1. The lowest BCUT2D eigenvalue weighted by Gasteiger charge is -2.19. The van der Waals surface area contributed by atoms with Crippen molar-refractivity contribution in [3.63, 3.8) is 0 Å². The SMILES string of the molecule is O=C(CSc1ccccc1Cl)N1N=C(c2ccco2)CC1c1ccco1. The lowest BCUT2D eigenvalue weighted by molar-refractivity contribution is -0.130. The van der Waals surface area contributed by atoms with Crippen LogP contribution in [0.15, 0.2) is 79.9 Å². The Morgan fingerprint density at radius 2 is 1.96 bits per heavy atom. The van der Waals surface area contributed by atoms with Crippen LogP contribution in [0, 0.1) is 0 Å². The molecule has 0 fully saturated rings. The van der Waals surface area contributed by atoms with E-state index in [2.05, 4.69) is 5.10 Å². The summed E-state index contributed by atoms with van der Waals surface area (Å²) in [6.07, 6.45) is 3.74. The molecule has 0 aliphatic carbocycles. The number of nitrogens with zero attached hydrogens (tertiary/aromatic N) is 2. The first-order valence-corrected chi connectivity index (χ1v) is 9.43. The van der Waals surface area contributed by atoms with Gasteiger partial charge in [-0.1, -0.05) is 23.7 Å². The predicted octanol–water partition coefficient (Wildman–Crippen LogP) is 5.00. The standard InChI is InChI=1S/C19H15ClN2O3S/c20-13-5-1-2-8-18(13)26-12-19(23)22-15(17-7-4-10-25-17)11-14(21-22)16-6-3-9-24-16/h1-10,15H,11-12H2. The van der Waals surface area contributed by atoms with Crippen LogP contribution in [0.5, 0.6) is 0 Å². The summed E-state index contributed by atoms with van der Waals surface area (Å²) >= 11 is 7.56. The molecule has 3 heterocycles. The molecule has 0 saturated heterocycles. The van der Waals surface area contributed by atoms with Crippen molar-refractivity contribution in [2.24, 2.45) is 5.10 Å². The Morgan fingerprint density at radius 1 is 1.15 bits per heavy atom. The highest BCUT2D eigenvalue weighted by Gasteiger charge is 2.35. The summed E-state index contributed by atoms with van der Waals surface area (Å²) in [5, 5.41) is 6.62. The van der Waals surface area contributed by atoms with Gasteiger partial charge in [-0.25, -0.2) is 5.01 Å². The van der Waals surface area contributed by atoms with E-state index in [9.17, 15) is 4.79 Å². The number of hydrogen-bond donors (Lipinski definition) is 0. The van der Waals surface area contributed by atoms with Crippen molar-refractivity contribution in [2.45, 2.75) is 17.4 Å². The maximum Gasteiger partial charge on any atom is 0.253 e. The lowest BCUT2D eigenvalue weighted by atomic mass is 10.1. The summed E-state index contributed by atoms with van der Waals surface area (Å²) in [6, 6.07) is 14.5. The van der Waals surface area contributed by atoms with E-state index in [1.807, 2.05) is 36.4 Å². The first-order chi connectivity index (χ1) is 12.7. The van der Waals surface area contributed by atoms with Crippen LogP contribution in [0.4, 0.5) is 0 Å². The van der Waals surface area contributed by atoms with E-state index in [-0.39, 0.29) is 17.7 Å². The largest absolute Gasteiger partial charge is 0.467 e. The molecule has 2 aromatic heterocycles. The summed E-state index contributed by atoms with van der Waals surface area (Å²) in [4.78, 5) is 13.7. The van der Waals surface area contributed by atoms with Gasteiger partial charge in [-0.15, -0.1) is 11.8 Å². The molecule has 7 heteroatoms. The second-order valence-electron chi connectivity index (χ2n) is 5.72. The summed E-state index contributed by atoms with van der Waals surface area (Å²) < 4.78 is 11.0. The Kier molecular flexibility index (Phi) is 4.86. The van der Waals surface area contributed by atoms with Crippen molar-refractivity contribution in [1.82, 2.24) is 5.01 Å². The highest BCUT2D eigenvalue weighted by molar-refractivity contribution is 8.00. The molecule has 1 amide bonds. The van der Waals surface area contributed by atoms with E-state index in [0.717, 1.165) is 10.6 Å². The maximum atomic E-state index is 12.8. The molecule has 0 radical (unpaired) electrons. The fourth-order valence-corrected chi connectivity index (χ4v) is 3.89. The average molecular weight is 387 g/mol. The Morgan fingerprint density at radius 3 is 2.69 bits per heavy atom. The number of rotatable bonds is 5. The van der Waals surface area contributed by atoms with Gasteiger partial charge in [0.05, 0.1) is 23.3 Å². The van der Waals surface area contributed by atoms with E-state index < -0.39 is 0 Å². The van der Waals surface area contributed by atoms with Gasteiger partial charge in [0.2, 0.25) is 0 Å². The minimum atomic E-state index is -0.274. The molecule has 0 N–H and O–H groups in total. The van der Waals surface area contributed by atoms with Crippen LogP contribution in [0.25, 0.3) is 0 Å². The zero-order valence-electron chi connectivity index (χ0n) is 13.7. The van der Waals surface area contributed by atoms with E-state index in [1.165, 1.54) is 16.8 Å². The van der Waals surface area contributed by atoms with Gasteiger partial charge in [-0.05, 0) is 36.4 Å². The molecule has 4 rings (SSSR count). The van der Waals surface area contributed by atoms with Gasteiger partial charge >= 0.3 is 0 Å². The first-order valence-electron chi connectivity index (χ1n) is 8.06. The van der Waals surface area contributed by atoms with E-state index in [1.54, 1.807) is 24.7 Å². The second kappa shape index (κ2) is 7.43. The molecule has 0 saturated carbocycles. The van der Waals surface area contributed by atoms with Gasteiger partial charge in [0.25, 0.3) is 5.91 Å². The van der Waals surface area contributed by atoms with E-state index in [0.29, 0.717) is 23.0 Å². The van der Waals surface area contributed by atoms with Crippen LogP contribution >= 0.6 is 23.4 Å². The summed E-state index contributed by atoms with van der Waals surface area (Å²) in [5.74, 6) is 1.48. The number of carbonyl (C=O) groups is 1. The smallest absolute Gasteiger partial charge is 0.253 e. The van der Waals surface area contributed by atoms with Gasteiger partial charge in [0.1, 0.15) is 23.3 Å². The van der Waals surface area contributed by atoms with E-state index in [4.69, 9.17) is 20.4 Å². The Hall–Kier alpha value is -2.44. The number of hydrogen-bond acceptors (Lipinski definition) is 5. The number of furan rings is 2. The summed E-state index contributed by atoms with van der Waals surface area (Å²) in [7, 11) is 0. The summed E-state index contributed by atoms with van der Waals surface area (Å²) in [5.41, 5.74) is 0.729. The Labute approximate surface area is 159 Å². The molecule has 1 aliphatic rings. The number of thioether (sulfide) groups is 1. The lowest BCUT2D eigenvalue weighted by Crippen LogP contribution is -2.28. The molecule has 1 aromatic carbocycles. The quantitative estimate of drug-likeness (QED) is 0.579. The van der Waals surface area contributed by atoms with Gasteiger partial charge in [0.15, 0.2) is 0 Å². The minimum absolute atomic E-state index is 0.113. The number of amides is 1. The Bertz CT molecular complexity index is 922. The van der Waals surface area contributed by atoms with Crippen molar-refractivity contribution >= 4 is 35.0 Å². The number of halogens is 1. The topological polar surface area (TPSA) is 59.0 Å². The normalized spacial score (nSPS) is 16.7. The fourth-order valence-electron chi connectivity index (χ4n) is 2.80. The Balaban J connectivity index is 1.54. The van der Waals surface area contributed by atoms with Crippen LogP contribution in [0.1, 0.15) is 24.0 Å². The first kappa shape index (κ1) is 17.0. The fraction of sp³-hybridized carbons (Fsp3) is 0.158. The van der Waals surface area contributed by atoms with Crippen LogP contribution < -0.4 is 0 Å². The highest BCUT2D eigenvalue weighted by atomic mass is 35.5. The van der Waals surface area contributed by atoms with Crippen molar-refractivity contribution < 1.29 is 13.6 Å². The molecule has 26 heavy (non-hydrogen) atoms. The van der Waals surface area contributed by atoms with Crippen molar-refractivity contribution in [1.29, 1.82) is 0 Å². The third kappa shape index (κ3) is 3.43. The van der Waals surface area contributed by atoms with Crippen LogP contribution in [0.3, 0.4) is 0 Å². The number of carbonyl (C=O) groups excluding carboxylic acids is 1. The van der Waals surface area contributed by atoms with Gasteiger partial charge in [-0.2, -0.15) is 5.10 Å². The molecular formula is C19H15ClN2O3S. The molecule has 1 unspecified atom stereocenters. The third-order valence-corrected chi connectivity index (χ3v) is 5.53. The van der Waals surface area contributed by atoms with Gasteiger partial charge in [-0.3, -0.25) is 4.79 Å². The van der Waals surface area contributed by atoms with Gasteiger partial charge < -0.3 is 8.83 Å². The van der Waals surface area contributed by atoms with Crippen LogP contribution in [-0.4, -0.2) is 22.4 Å². The zero-order valence-corrected chi connectivity index (χ0v) is 15.2. The van der Waals surface area contributed by atoms with Crippen LogP contribution in [0.2, 0.25) is 5.02 Å². The molecule has 3 aromatic rings. The van der Waals surface area contributed by atoms with Crippen molar-refractivity contribution in [3.8, 4) is 0 Å². The molecular weight excluding hydrogens is 372 g/mol. The van der Waals surface area contributed by atoms with Crippen LogP contribution in [-0.2, 0) is 4.79 Å². The highest BCUT2D eigenvalue weighted by Crippen LogP contribution is 2.34. The van der Waals surface area contributed by atoms with E-state index >= 15 is 0 Å². The average Bonchev–Trinajstić information content (AvgIpc) is 3.41. The molecule has 0 spiro atoms. The zero-order chi connectivity index (χ0) is 17.9. The van der Waals surface area contributed by atoms with Crippen molar-refractivity contribution in [2.75, 3.05) is 5.75 Å². The molecule has 132 valence electrons. The minimum Gasteiger partial charge on any atom is -0.467 e. The second-order valence-corrected chi connectivity index (χ2v) is 7.14. The molecule has 0 bridgehead atoms. The number of hydrazone groups is 1. The molecule has 5 nitrogen and oxygen atoms in total. The summed E-state index contributed by atoms with van der Waals surface area (Å²) in [6.45, 7) is 0. The maximum absolute atomic E-state index is 12.8. The predicted molar refractivity (Wildman–Crippen MR) is 100 cm³/mol. The molecule has 1 atom stereocenters. The monoisotopic (exact) mass is 386 g/mol. The third-order valence-electron chi connectivity index (χ3n) is 4.03. The molecule has 1 aliphatic heterocycles. The van der Waals surface area contributed by atoms with Crippen molar-refractivity contribution in [3.05, 3.63) is 77.6 Å². The van der Waals surface area contributed by atoms with Gasteiger partial charge in [0, 0.05) is 11.3 Å².